The molecule has 0 radical (unpaired) electrons. The number of aryl methyl sites for hydroxylation is 1. The van der Waals surface area contributed by atoms with E-state index in [1.807, 2.05) is 6.92 Å². The second kappa shape index (κ2) is 5.69. The molecule has 100 valence electrons. The number of hydrogen-bond donors (Lipinski definition) is 0. The van der Waals surface area contributed by atoms with E-state index < -0.39 is 5.82 Å². The zero-order chi connectivity index (χ0) is 13.8. The number of hydrogen-bond acceptors (Lipinski definition) is 3. The summed E-state index contributed by atoms with van der Waals surface area (Å²) >= 11 is 0. The minimum Gasteiger partial charge on any atom is -0.494 e. The Morgan fingerprint density at radius 2 is 2.16 bits per heavy atom. The summed E-state index contributed by atoms with van der Waals surface area (Å²) in [5.41, 5.74) is 1.19. The van der Waals surface area contributed by atoms with Crippen molar-refractivity contribution in [1.82, 2.24) is 0 Å². The van der Waals surface area contributed by atoms with Crippen molar-refractivity contribution in [2.24, 2.45) is 0 Å². The van der Waals surface area contributed by atoms with Gasteiger partial charge in [0.15, 0.2) is 17.3 Å². The molecule has 0 aliphatic rings. The van der Waals surface area contributed by atoms with Gasteiger partial charge in [-0.3, -0.25) is 4.79 Å². The van der Waals surface area contributed by atoms with Crippen LogP contribution in [0.4, 0.5) is 4.39 Å². The third-order valence-electron chi connectivity index (χ3n) is 2.95. The number of benzene rings is 1. The molecule has 19 heavy (non-hydrogen) atoms. The van der Waals surface area contributed by atoms with E-state index in [9.17, 15) is 9.18 Å². The van der Waals surface area contributed by atoms with Crippen LogP contribution in [0.15, 0.2) is 34.9 Å². The van der Waals surface area contributed by atoms with E-state index in [1.165, 1.54) is 25.5 Å². The van der Waals surface area contributed by atoms with Gasteiger partial charge in [0.05, 0.1) is 18.9 Å². The molecule has 0 atom stereocenters. The molecule has 0 bridgehead atoms. The monoisotopic (exact) mass is 262 g/mol. The molecule has 2 aromatic rings. The zero-order valence-corrected chi connectivity index (χ0v) is 10.9. The summed E-state index contributed by atoms with van der Waals surface area (Å²) in [6.07, 6.45) is 2.30. The quantitative estimate of drug-likeness (QED) is 0.775. The first-order chi connectivity index (χ1) is 9.15. The number of ketones is 1. The molecule has 0 spiro atoms. The van der Waals surface area contributed by atoms with Gasteiger partial charge in [0.2, 0.25) is 0 Å². The van der Waals surface area contributed by atoms with Crippen LogP contribution in [-0.4, -0.2) is 12.9 Å². The number of Topliss-reactive ketones (excluding diaryl/α,β-unsaturated/α-hetero) is 1. The van der Waals surface area contributed by atoms with Crippen LogP contribution in [0.5, 0.6) is 5.75 Å². The van der Waals surface area contributed by atoms with Crippen molar-refractivity contribution in [3.63, 3.8) is 0 Å². The molecule has 0 unspecified atom stereocenters. The molecule has 0 fully saturated rings. The minimum absolute atomic E-state index is 0.0739. The van der Waals surface area contributed by atoms with Crippen LogP contribution in [0.3, 0.4) is 0 Å². The van der Waals surface area contributed by atoms with Crippen LogP contribution < -0.4 is 4.74 Å². The van der Waals surface area contributed by atoms with Crippen LogP contribution in [0, 0.1) is 5.82 Å². The highest BCUT2D eigenvalue weighted by Crippen LogP contribution is 2.20. The maximum Gasteiger partial charge on any atom is 0.170 e. The Bertz CT molecular complexity index is 587. The van der Waals surface area contributed by atoms with E-state index in [4.69, 9.17) is 9.15 Å². The fraction of sp³-hybridized carbons (Fsp3) is 0.267. The zero-order valence-electron chi connectivity index (χ0n) is 10.9. The fourth-order valence-corrected chi connectivity index (χ4v) is 1.96. The number of carbonyl (C=O) groups excluding carboxylic acids is 1. The van der Waals surface area contributed by atoms with Gasteiger partial charge in [-0.25, -0.2) is 4.39 Å². The molecule has 0 aliphatic heterocycles. The Hall–Kier alpha value is -2.10. The van der Waals surface area contributed by atoms with Gasteiger partial charge in [-0.15, -0.1) is 0 Å². The van der Waals surface area contributed by atoms with Gasteiger partial charge in [0.25, 0.3) is 0 Å². The summed E-state index contributed by atoms with van der Waals surface area (Å²) in [6.45, 7) is 1.92. The molecule has 0 N–H and O–H groups in total. The lowest BCUT2D eigenvalue weighted by Gasteiger charge is -2.05. The van der Waals surface area contributed by atoms with E-state index in [-0.39, 0.29) is 18.0 Å². The van der Waals surface area contributed by atoms with Crippen molar-refractivity contribution in [1.29, 1.82) is 0 Å². The van der Waals surface area contributed by atoms with Crippen molar-refractivity contribution >= 4 is 5.78 Å². The fourth-order valence-electron chi connectivity index (χ4n) is 1.96. The van der Waals surface area contributed by atoms with Gasteiger partial charge in [-0.1, -0.05) is 13.0 Å². The summed E-state index contributed by atoms with van der Waals surface area (Å²) in [6, 6.07) is 6.18. The molecular formula is C15H15FO3. The first-order valence-electron chi connectivity index (χ1n) is 6.07. The largest absolute Gasteiger partial charge is 0.494 e. The second-order valence-electron chi connectivity index (χ2n) is 4.18. The van der Waals surface area contributed by atoms with Gasteiger partial charge < -0.3 is 9.15 Å². The molecule has 1 aromatic heterocycles. The maximum atomic E-state index is 13.5. The number of halogens is 1. The molecule has 0 aliphatic carbocycles. The Morgan fingerprint density at radius 3 is 2.79 bits per heavy atom. The van der Waals surface area contributed by atoms with Crippen molar-refractivity contribution < 1.29 is 18.3 Å². The van der Waals surface area contributed by atoms with E-state index >= 15 is 0 Å². The Balaban J connectivity index is 2.17. The van der Waals surface area contributed by atoms with Crippen LogP contribution in [-0.2, 0) is 12.8 Å². The van der Waals surface area contributed by atoms with Gasteiger partial charge in [0, 0.05) is 12.8 Å². The third-order valence-corrected chi connectivity index (χ3v) is 2.95. The standard InChI is InChI=1S/C15H15FO3/c1-3-14-11(6-7-19-14)13(17)9-10-4-5-15(18-2)12(16)8-10/h4-8H,3,9H2,1-2H3. The number of ether oxygens (including phenoxy) is 1. The molecule has 4 heteroatoms. The molecule has 1 heterocycles. The number of methoxy groups -OCH3 is 1. The predicted molar refractivity (Wildman–Crippen MR) is 69.1 cm³/mol. The lowest BCUT2D eigenvalue weighted by molar-refractivity contribution is 0.0991. The summed E-state index contributed by atoms with van der Waals surface area (Å²) in [4.78, 5) is 12.1. The lowest BCUT2D eigenvalue weighted by Crippen LogP contribution is -2.05. The molecule has 2 rings (SSSR count). The number of carbonyl (C=O) groups is 1. The molecule has 0 saturated carbocycles. The van der Waals surface area contributed by atoms with Crippen molar-refractivity contribution in [2.45, 2.75) is 19.8 Å². The van der Waals surface area contributed by atoms with Crippen LogP contribution >= 0.6 is 0 Å². The van der Waals surface area contributed by atoms with Gasteiger partial charge >= 0.3 is 0 Å². The number of rotatable bonds is 5. The van der Waals surface area contributed by atoms with E-state index in [2.05, 4.69) is 0 Å². The highest BCUT2D eigenvalue weighted by atomic mass is 19.1. The van der Waals surface area contributed by atoms with Gasteiger partial charge in [-0.05, 0) is 23.8 Å². The van der Waals surface area contributed by atoms with E-state index in [0.29, 0.717) is 23.3 Å². The summed E-state index contributed by atoms with van der Waals surface area (Å²) in [7, 11) is 1.40. The SMILES string of the molecule is CCc1occc1C(=O)Cc1ccc(OC)c(F)c1. The summed E-state index contributed by atoms with van der Waals surface area (Å²) < 4.78 is 23.6. The highest BCUT2D eigenvalue weighted by Gasteiger charge is 2.14. The Kier molecular flexibility index (Phi) is 4.00. The molecule has 1 aromatic carbocycles. The van der Waals surface area contributed by atoms with E-state index in [1.54, 1.807) is 12.1 Å². The van der Waals surface area contributed by atoms with Crippen molar-refractivity contribution in [3.8, 4) is 5.75 Å². The van der Waals surface area contributed by atoms with Gasteiger partial charge in [0.1, 0.15) is 5.76 Å². The normalized spacial score (nSPS) is 10.5. The number of furan rings is 1. The van der Waals surface area contributed by atoms with Crippen molar-refractivity contribution in [2.75, 3.05) is 7.11 Å². The summed E-state index contributed by atoms with van der Waals surface area (Å²) in [5.74, 6) is 0.304. The minimum atomic E-state index is -0.462. The topological polar surface area (TPSA) is 39.4 Å². The molecular weight excluding hydrogens is 247 g/mol. The smallest absolute Gasteiger partial charge is 0.170 e. The van der Waals surface area contributed by atoms with Crippen molar-refractivity contribution in [3.05, 3.63) is 53.2 Å². The first-order valence-corrected chi connectivity index (χ1v) is 6.07. The average Bonchev–Trinajstić information content (AvgIpc) is 2.87. The van der Waals surface area contributed by atoms with Gasteiger partial charge in [-0.2, -0.15) is 0 Å². The van der Waals surface area contributed by atoms with Crippen LogP contribution in [0.1, 0.15) is 28.6 Å². The van der Waals surface area contributed by atoms with E-state index in [0.717, 1.165) is 0 Å². The summed E-state index contributed by atoms with van der Waals surface area (Å²) in [5, 5.41) is 0. The lowest BCUT2D eigenvalue weighted by atomic mass is 10.0. The third kappa shape index (κ3) is 2.84. The molecule has 3 nitrogen and oxygen atoms in total. The molecule has 0 amide bonds. The second-order valence-corrected chi connectivity index (χ2v) is 4.18. The Labute approximate surface area is 111 Å². The molecule has 0 saturated heterocycles. The van der Waals surface area contributed by atoms with Crippen LogP contribution in [0.25, 0.3) is 0 Å². The maximum absolute atomic E-state index is 13.5. The Morgan fingerprint density at radius 1 is 1.37 bits per heavy atom. The predicted octanol–water partition coefficient (Wildman–Crippen LogP) is 3.42. The average molecular weight is 262 g/mol. The highest BCUT2D eigenvalue weighted by molar-refractivity contribution is 5.98. The van der Waals surface area contributed by atoms with Crippen LogP contribution in [0.2, 0.25) is 0 Å². The first kappa shape index (κ1) is 13.3.